The fourth-order valence-corrected chi connectivity index (χ4v) is 2.30. The molecule has 2 aromatic carbocycles. The van der Waals surface area contributed by atoms with E-state index in [9.17, 15) is 22.8 Å². The van der Waals surface area contributed by atoms with E-state index in [-0.39, 0.29) is 16.9 Å². The molecule has 0 heterocycles. The molecule has 0 aliphatic rings. The Labute approximate surface area is 131 Å². The summed E-state index contributed by atoms with van der Waals surface area (Å²) in [5, 5.41) is 0. The summed E-state index contributed by atoms with van der Waals surface area (Å²) in [5.41, 5.74) is 0.568. The van der Waals surface area contributed by atoms with Crippen molar-refractivity contribution in [2.45, 2.75) is 25.4 Å². The van der Waals surface area contributed by atoms with Gasteiger partial charge in [0.2, 0.25) is 0 Å². The largest absolute Gasteiger partial charge is 0.396 e. The maximum atomic E-state index is 13.3. The molecule has 0 amide bonds. The van der Waals surface area contributed by atoms with Crippen LogP contribution in [-0.2, 0) is 0 Å². The molecule has 23 heavy (non-hydrogen) atoms. The number of alkyl halides is 3. The molecule has 2 nitrogen and oxygen atoms in total. The van der Waals surface area contributed by atoms with Gasteiger partial charge in [0.05, 0.1) is 5.92 Å². The molecule has 0 bridgehead atoms. The first-order valence-corrected chi connectivity index (χ1v) is 7.05. The molecule has 5 heteroatoms. The molecule has 0 aromatic heterocycles. The standard InChI is InChI=1S/C18H15F3O2/c1-12(22)13-7-9-14(10-8-13)16(18(19,20)21)11-17(23)15-5-3-2-4-6-15/h2-10,16H,11H2,1H3. The van der Waals surface area contributed by atoms with Crippen LogP contribution < -0.4 is 0 Å². The zero-order valence-electron chi connectivity index (χ0n) is 12.4. The van der Waals surface area contributed by atoms with Crippen LogP contribution in [0.25, 0.3) is 0 Å². The van der Waals surface area contributed by atoms with Gasteiger partial charge in [0, 0.05) is 17.5 Å². The third kappa shape index (κ3) is 4.28. The van der Waals surface area contributed by atoms with Gasteiger partial charge in [-0.25, -0.2) is 0 Å². The normalized spacial score (nSPS) is 12.7. The Morgan fingerprint density at radius 3 is 1.96 bits per heavy atom. The highest BCUT2D eigenvalue weighted by atomic mass is 19.4. The van der Waals surface area contributed by atoms with Crippen LogP contribution in [-0.4, -0.2) is 17.7 Å². The predicted octanol–water partition coefficient (Wildman–Crippen LogP) is 4.81. The second-order valence-electron chi connectivity index (χ2n) is 5.27. The summed E-state index contributed by atoms with van der Waals surface area (Å²) in [6, 6.07) is 13.1. The van der Waals surface area contributed by atoms with Crippen LogP contribution in [0.5, 0.6) is 0 Å². The van der Waals surface area contributed by atoms with E-state index in [1.807, 2.05) is 0 Å². The van der Waals surface area contributed by atoms with E-state index < -0.39 is 24.3 Å². The summed E-state index contributed by atoms with van der Waals surface area (Å²) < 4.78 is 40.0. The summed E-state index contributed by atoms with van der Waals surface area (Å²) in [6.07, 6.45) is -5.20. The molecule has 0 aliphatic carbocycles. The van der Waals surface area contributed by atoms with Gasteiger partial charge in [-0.3, -0.25) is 9.59 Å². The van der Waals surface area contributed by atoms with E-state index in [1.165, 1.54) is 43.3 Å². The zero-order valence-corrected chi connectivity index (χ0v) is 12.4. The van der Waals surface area contributed by atoms with Gasteiger partial charge in [0.25, 0.3) is 0 Å². The Balaban J connectivity index is 2.27. The van der Waals surface area contributed by atoms with Crippen LogP contribution in [0.2, 0.25) is 0 Å². The first kappa shape index (κ1) is 16.9. The number of Topliss-reactive ketones (excluding diaryl/α,β-unsaturated/α-hetero) is 2. The number of halogens is 3. The first-order valence-electron chi connectivity index (χ1n) is 7.05. The highest BCUT2D eigenvalue weighted by Crippen LogP contribution is 2.38. The van der Waals surface area contributed by atoms with Crippen LogP contribution in [0.1, 0.15) is 45.5 Å². The fourth-order valence-electron chi connectivity index (χ4n) is 2.30. The lowest BCUT2D eigenvalue weighted by atomic mass is 9.90. The Kier molecular flexibility index (Phi) is 4.98. The van der Waals surface area contributed by atoms with Crippen LogP contribution in [0.4, 0.5) is 13.2 Å². The number of carbonyl (C=O) groups excluding carboxylic acids is 2. The second kappa shape index (κ2) is 6.77. The number of hydrogen-bond donors (Lipinski definition) is 0. The average molecular weight is 320 g/mol. The average Bonchev–Trinajstić information content (AvgIpc) is 2.52. The maximum Gasteiger partial charge on any atom is 0.396 e. The van der Waals surface area contributed by atoms with E-state index >= 15 is 0 Å². The Morgan fingerprint density at radius 1 is 0.913 bits per heavy atom. The fraction of sp³-hybridized carbons (Fsp3) is 0.222. The van der Waals surface area contributed by atoms with Crippen molar-refractivity contribution in [2.75, 3.05) is 0 Å². The maximum absolute atomic E-state index is 13.3. The monoisotopic (exact) mass is 320 g/mol. The van der Waals surface area contributed by atoms with Crippen molar-refractivity contribution >= 4 is 11.6 Å². The molecule has 0 N–H and O–H groups in total. The van der Waals surface area contributed by atoms with Gasteiger partial charge in [-0.05, 0) is 12.5 Å². The predicted molar refractivity (Wildman–Crippen MR) is 80.6 cm³/mol. The molecule has 1 unspecified atom stereocenters. The Hall–Kier alpha value is -2.43. The van der Waals surface area contributed by atoms with E-state index in [4.69, 9.17) is 0 Å². The van der Waals surface area contributed by atoms with Crippen LogP contribution in [0.3, 0.4) is 0 Å². The second-order valence-corrected chi connectivity index (χ2v) is 5.27. The van der Waals surface area contributed by atoms with E-state index in [1.54, 1.807) is 18.2 Å². The van der Waals surface area contributed by atoms with Crippen molar-refractivity contribution in [1.82, 2.24) is 0 Å². The first-order chi connectivity index (χ1) is 10.8. The Morgan fingerprint density at radius 2 is 1.48 bits per heavy atom. The molecule has 0 spiro atoms. The van der Waals surface area contributed by atoms with Crippen molar-refractivity contribution in [1.29, 1.82) is 0 Å². The van der Waals surface area contributed by atoms with Crippen molar-refractivity contribution < 1.29 is 22.8 Å². The smallest absolute Gasteiger partial charge is 0.295 e. The van der Waals surface area contributed by atoms with E-state index in [2.05, 4.69) is 0 Å². The summed E-state index contributed by atoms with van der Waals surface area (Å²) in [5.74, 6) is -2.68. The topological polar surface area (TPSA) is 34.1 Å². The summed E-state index contributed by atoms with van der Waals surface area (Å²) in [7, 11) is 0. The molecule has 0 aliphatic heterocycles. The minimum Gasteiger partial charge on any atom is -0.295 e. The summed E-state index contributed by atoms with van der Waals surface area (Å²) in [4.78, 5) is 23.3. The lowest BCUT2D eigenvalue weighted by molar-refractivity contribution is -0.149. The Bertz CT molecular complexity index is 688. The molecule has 120 valence electrons. The molecular formula is C18H15F3O2. The van der Waals surface area contributed by atoms with Crippen LogP contribution in [0, 0.1) is 0 Å². The van der Waals surface area contributed by atoms with E-state index in [0.717, 1.165) is 0 Å². The van der Waals surface area contributed by atoms with Gasteiger partial charge in [-0.2, -0.15) is 13.2 Å². The summed E-state index contributed by atoms with van der Waals surface area (Å²) in [6.45, 7) is 1.34. The summed E-state index contributed by atoms with van der Waals surface area (Å²) >= 11 is 0. The third-order valence-electron chi connectivity index (χ3n) is 3.60. The zero-order chi connectivity index (χ0) is 17.0. The van der Waals surface area contributed by atoms with Crippen molar-refractivity contribution in [2.24, 2.45) is 0 Å². The van der Waals surface area contributed by atoms with Crippen molar-refractivity contribution in [3.63, 3.8) is 0 Å². The molecule has 2 rings (SSSR count). The van der Waals surface area contributed by atoms with Gasteiger partial charge in [-0.1, -0.05) is 54.6 Å². The number of hydrogen-bond acceptors (Lipinski definition) is 2. The van der Waals surface area contributed by atoms with Gasteiger partial charge in [0.1, 0.15) is 0 Å². The van der Waals surface area contributed by atoms with Gasteiger partial charge >= 0.3 is 6.18 Å². The van der Waals surface area contributed by atoms with Crippen LogP contribution in [0.15, 0.2) is 54.6 Å². The number of carbonyl (C=O) groups is 2. The number of ketones is 2. The molecular weight excluding hydrogens is 305 g/mol. The quantitative estimate of drug-likeness (QED) is 0.741. The lowest BCUT2D eigenvalue weighted by Crippen LogP contribution is -2.24. The van der Waals surface area contributed by atoms with Gasteiger partial charge in [0.15, 0.2) is 11.6 Å². The minimum absolute atomic E-state index is 0.0215. The highest BCUT2D eigenvalue weighted by molar-refractivity contribution is 5.96. The number of rotatable bonds is 5. The minimum atomic E-state index is -4.54. The van der Waals surface area contributed by atoms with Crippen molar-refractivity contribution in [3.8, 4) is 0 Å². The molecule has 0 saturated carbocycles. The molecule has 0 saturated heterocycles. The van der Waals surface area contributed by atoms with Gasteiger partial charge < -0.3 is 0 Å². The molecule has 0 fully saturated rings. The molecule has 2 aromatic rings. The molecule has 1 atom stereocenters. The highest BCUT2D eigenvalue weighted by Gasteiger charge is 2.41. The van der Waals surface area contributed by atoms with Crippen LogP contribution >= 0.6 is 0 Å². The van der Waals surface area contributed by atoms with Crippen molar-refractivity contribution in [3.05, 3.63) is 71.3 Å². The lowest BCUT2D eigenvalue weighted by Gasteiger charge is -2.20. The van der Waals surface area contributed by atoms with Gasteiger partial charge in [-0.15, -0.1) is 0 Å². The number of benzene rings is 2. The SMILES string of the molecule is CC(=O)c1ccc(C(CC(=O)c2ccccc2)C(F)(F)F)cc1. The van der Waals surface area contributed by atoms with E-state index in [0.29, 0.717) is 5.56 Å². The third-order valence-corrected chi connectivity index (χ3v) is 3.60. The molecule has 0 radical (unpaired) electrons.